The summed E-state index contributed by atoms with van der Waals surface area (Å²) in [5, 5.41) is 10.1. The van der Waals surface area contributed by atoms with Crippen molar-refractivity contribution in [2.24, 2.45) is 0 Å². The summed E-state index contributed by atoms with van der Waals surface area (Å²) in [6.07, 6.45) is 1.72. The van der Waals surface area contributed by atoms with Crippen LogP contribution in [0.5, 0.6) is 0 Å². The van der Waals surface area contributed by atoms with Gasteiger partial charge in [-0.15, -0.1) is 11.3 Å². The SMILES string of the molecule is COC(=O)CCN1C[C@@H](NC(=O)c2nc3c(s2)CN(C)CC3)[C@H](NC(=O)C2Cc3cc(C)ccc3N2)C1. The molecule has 5 rings (SSSR count). The van der Waals surface area contributed by atoms with Crippen LogP contribution in [0, 0.1) is 6.92 Å². The van der Waals surface area contributed by atoms with E-state index in [9.17, 15) is 14.4 Å². The van der Waals surface area contributed by atoms with Crippen molar-refractivity contribution in [1.82, 2.24) is 25.4 Å². The summed E-state index contributed by atoms with van der Waals surface area (Å²) in [7, 11) is 3.44. The van der Waals surface area contributed by atoms with E-state index < -0.39 is 0 Å². The second kappa shape index (κ2) is 10.8. The van der Waals surface area contributed by atoms with E-state index in [0.717, 1.165) is 46.9 Å². The van der Waals surface area contributed by atoms with Crippen molar-refractivity contribution in [1.29, 1.82) is 0 Å². The van der Waals surface area contributed by atoms with E-state index in [1.165, 1.54) is 18.4 Å². The van der Waals surface area contributed by atoms with Crippen molar-refractivity contribution in [3.05, 3.63) is 44.9 Å². The molecule has 4 heterocycles. The number of esters is 1. The Hall–Kier alpha value is -3.02. The molecule has 1 aromatic heterocycles. The summed E-state index contributed by atoms with van der Waals surface area (Å²) in [6, 6.07) is 5.19. The molecule has 0 aliphatic carbocycles. The van der Waals surface area contributed by atoms with Gasteiger partial charge in [-0.3, -0.25) is 19.3 Å². The first-order chi connectivity index (χ1) is 17.8. The maximum atomic E-state index is 13.2. The summed E-state index contributed by atoms with van der Waals surface area (Å²) >= 11 is 1.44. The highest BCUT2D eigenvalue weighted by atomic mass is 32.1. The molecule has 0 saturated carbocycles. The van der Waals surface area contributed by atoms with Gasteiger partial charge in [-0.2, -0.15) is 0 Å². The van der Waals surface area contributed by atoms with Crippen LogP contribution in [0.15, 0.2) is 18.2 Å². The molecule has 3 atom stereocenters. The lowest BCUT2D eigenvalue weighted by Gasteiger charge is -2.22. The van der Waals surface area contributed by atoms with Gasteiger partial charge < -0.3 is 25.6 Å². The first-order valence-corrected chi connectivity index (χ1v) is 13.5. The summed E-state index contributed by atoms with van der Waals surface area (Å²) < 4.78 is 4.78. The number of carbonyl (C=O) groups is 3. The van der Waals surface area contributed by atoms with Gasteiger partial charge in [0.15, 0.2) is 5.01 Å². The van der Waals surface area contributed by atoms with E-state index in [1.807, 2.05) is 19.1 Å². The number of likely N-dealkylation sites (N-methyl/N-ethyl adjacent to an activating group) is 1. The summed E-state index contributed by atoms with van der Waals surface area (Å²) in [5.41, 5.74) is 4.29. The monoisotopic (exact) mass is 526 g/mol. The van der Waals surface area contributed by atoms with Crippen LogP contribution >= 0.6 is 11.3 Å². The van der Waals surface area contributed by atoms with E-state index in [0.29, 0.717) is 31.1 Å². The molecule has 0 spiro atoms. The largest absolute Gasteiger partial charge is 0.469 e. The molecular formula is C26H34N6O4S. The van der Waals surface area contributed by atoms with Gasteiger partial charge in [0.2, 0.25) is 5.91 Å². The highest BCUT2D eigenvalue weighted by Crippen LogP contribution is 2.27. The fourth-order valence-electron chi connectivity index (χ4n) is 5.29. The number of nitrogens with zero attached hydrogens (tertiary/aromatic N) is 3. The molecule has 0 bridgehead atoms. The predicted octanol–water partition coefficient (Wildman–Crippen LogP) is 0.938. The van der Waals surface area contributed by atoms with Crippen LogP contribution in [0.25, 0.3) is 0 Å². The average molecular weight is 527 g/mol. The first-order valence-electron chi connectivity index (χ1n) is 12.7. The minimum absolute atomic E-state index is 0.0966. The van der Waals surface area contributed by atoms with Crippen LogP contribution in [-0.2, 0) is 33.7 Å². The zero-order valence-corrected chi connectivity index (χ0v) is 22.3. The number of fused-ring (bicyclic) bond motifs is 2. The Labute approximate surface area is 220 Å². The number of amides is 2. The van der Waals surface area contributed by atoms with Gasteiger partial charge in [0.05, 0.1) is 31.3 Å². The van der Waals surface area contributed by atoms with Gasteiger partial charge >= 0.3 is 5.97 Å². The van der Waals surface area contributed by atoms with E-state index >= 15 is 0 Å². The van der Waals surface area contributed by atoms with Crippen molar-refractivity contribution in [2.45, 2.75) is 50.9 Å². The Bertz CT molecular complexity index is 1200. The van der Waals surface area contributed by atoms with Crippen molar-refractivity contribution in [3.8, 4) is 0 Å². The number of hydrogen-bond acceptors (Lipinski definition) is 9. The Balaban J connectivity index is 1.25. The Morgan fingerprint density at radius 1 is 1.22 bits per heavy atom. The van der Waals surface area contributed by atoms with Gasteiger partial charge in [-0.1, -0.05) is 17.7 Å². The zero-order valence-electron chi connectivity index (χ0n) is 21.5. The van der Waals surface area contributed by atoms with E-state index in [-0.39, 0.29) is 42.3 Å². The first kappa shape index (κ1) is 25.6. The average Bonchev–Trinajstić information content (AvgIpc) is 3.58. The van der Waals surface area contributed by atoms with Crippen LogP contribution in [-0.4, -0.2) is 91.0 Å². The molecule has 10 nitrogen and oxygen atoms in total. The van der Waals surface area contributed by atoms with Gasteiger partial charge in [-0.05, 0) is 25.6 Å². The minimum Gasteiger partial charge on any atom is -0.469 e. The maximum Gasteiger partial charge on any atom is 0.306 e. The highest BCUT2D eigenvalue weighted by molar-refractivity contribution is 7.13. The van der Waals surface area contributed by atoms with E-state index in [2.05, 4.69) is 43.8 Å². The molecule has 37 heavy (non-hydrogen) atoms. The fourth-order valence-corrected chi connectivity index (χ4v) is 6.39. The standard InChI is InChI=1S/C26H34N6O4S/c1-15-4-5-17-16(10-15)11-19(27-17)24(34)28-20-12-32(9-7-23(33)36-3)13-21(20)29-25(35)26-30-18-6-8-31(2)14-22(18)37-26/h4-5,10,19-21,27H,6-9,11-14H2,1-3H3,(H,28,34)(H,29,35)/t19?,20-,21-/m1/s1. The Kier molecular flexibility index (Phi) is 7.45. The third-order valence-electron chi connectivity index (χ3n) is 7.35. The molecule has 11 heteroatoms. The van der Waals surface area contributed by atoms with Crippen LogP contribution in [0.3, 0.4) is 0 Å². The molecule has 198 valence electrons. The van der Waals surface area contributed by atoms with Crippen molar-refractivity contribution in [3.63, 3.8) is 0 Å². The normalized spacial score (nSPS) is 23.2. The number of thiazole rings is 1. The quantitative estimate of drug-likeness (QED) is 0.457. The number of benzene rings is 1. The third kappa shape index (κ3) is 5.78. The molecule has 3 aliphatic heterocycles. The number of likely N-dealkylation sites (tertiary alicyclic amines) is 1. The summed E-state index contributed by atoms with van der Waals surface area (Å²) in [6.45, 7) is 5.34. The second-order valence-corrected chi connectivity index (χ2v) is 11.3. The molecule has 1 unspecified atom stereocenters. The minimum atomic E-state index is -0.361. The molecule has 2 aromatic rings. The number of methoxy groups -OCH3 is 1. The van der Waals surface area contributed by atoms with Crippen LogP contribution in [0.4, 0.5) is 5.69 Å². The number of rotatable bonds is 7. The molecule has 2 amide bonds. The second-order valence-electron chi connectivity index (χ2n) is 10.2. The van der Waals surface area contributed by atoms with E-state index in [4.69, 9.17) is 4.74 Å². The molecule has 3 aliphatic rings. The molecule has 3 N–H and O–H groups in total. The van der Waals surface area contributed by atoms with Gasteiger partial charge in [0, 0.05) is 56.1 Å². The summed E-state index contributed by atoms with van der Waals surface area (Å²) in [4.78, 5) is 48.2. The lowest BCUT2D eigenvalue weighted by molar-refractivity contribution is -0.141. The number of anilines is 1. The molecule has 1 aromatic carbocycles. The summed E-state index contributed by atoms with van der Waals surface area (Å²) in [5.74, 6) is -0.599. The van der Waals surface area contributed by atoms with Crippen molar-refractivity contribution >= 4 is 34.8 Å². The van der Waals surface area contributed by atoms with Crippen LogP contribution in [0.2, 0.25) is 0 Å². The molecule has 1 saturated heterocycles. The Morgan fingerprint density at radius 2 is 2.00 bits per heavy atom. The molecule has 1 fully saturated rings. The number of aromatic nitrogens is 1. The number of ether oxygens (including phenoxy) is 1. The lowest BCUT2D eigenvalue weighted by atomic mass is 10.1. The molecular weight excluding hydrogens is 492 g/mol. The Morgan fingerprint density at radius 3 is 2.78 bits per heavy atom. The number of nitrogens with one attached hydrogen (secondary N) is 3. The zero-order chi connectivity index (χ0) is 26.1. The number of hydrogen-bond donors (Lipinski definition) is 3. The smallest absolute Gasteiger partial charge is 0.306 e. The van der Waals surface area contributed by atoms with Gasteiger partial charge in [0.25, 0.3) is 5.91 Å². The van der Waals surface area contributed by atoms with Crippen molar-refractivity contribution < 1.29 is 19.1 Å². The lowest BCUT2D eigenvalue weighted by Crippen LogP contribution is -2.53. The van der Waals surface area contributed by atoms with Crippen LogP contribution < -0.4 is 16.0 Å². The van der Waals surface area contributed by atoms with Crippen LogP contribution in [0.1, 0.15) is 37.9 Å². The fraction of sp³-hybridized carbons (Fsp3) is 0.538. The highest BCUT2D eigenvalue weighted by Gasteiger charge is 2.38. The number of aryl methyl sites for hydroxylation is 1. The van der Waals surface area contributed by atoms with Crippen molar-refractivity contribution in [2.75, 3.05) is 45.7 Å². The third-order valence-corrected chi connectivity index (χ3v) is 8.43. The number of carbonyl (C=O) groups excluding carboxylic acids is 3. The van der Waals surface area contributed by atoms with Gasteiger partial charge in [-0.25, -0.2) is 4.98 Å². The van der Waals surface area contributed by atoms with E-state index in [1.54, 1.807) is 0 Å². The maximum absolute atomic E-state index is 13.2. The molecule has 0 radical (unpaired) electrons. The predicted molar refractivity (Wildman–Crippen MR) is 141 cm³/mol. The topological polar surface area (TPSA) is 116 Å². The van der Waals surface area contributed by atoms with Gasteiger partial charge in [0.1, 0.15) is 6.04 Å².